The van der Waals surface area contributed by atoms with E-state index >= 15 is 0 Å². The summed E-state index contributed by atoms with van der Waals surface area (Å²) in [7, 11) is 0. The molecule has 3 nitrogen and oxygen atoms in total. The van der Waals surface area contributed by atoms with Crippen LogP contribution in [-0.4, -0.2) is 23.4 Å². The highest BCUT2D eigenvalue weighted by Crippen LogP contribution is 2.22. The third kappa shape index (κ3) is 3.97. The molecule has 1 fully saturated rings. The molecule has 3 heteroatoms. The topological polar surface area (TPSA) is 29.5 Å². The van der Waals surface area contributed by atoms with Crippen molar-refractivity contribution < 1.29 is 9.53 Å². The first-order valence-corrected chi connectivity index (χ1v) is 8.85. The number of carbonyl (C=O) groups is 1. The van der Waals surface area contributed by atoms with Crippen LogP contribution >= 0.6 is 0 Å². The van der Waals surface area contributed by atoms with E-state index in [1.807, 2.05) is 54.6 Å². The number of likely N-dealkylation sites (tertiary alicyclic amines) is 1. The van der Waals surface area contributed by atoms with Gasteiger partial charge in [0.05, 0.1) is 0 Å². The molecule has 0 radical (unpaired) electrons. The molecule has 1 heterocycles. The van der Waals surface area contributed by atoms with E-state index < -0.39 is 0 Å². The molecule has 1 atom stereocenters. The van der Waals surface area contributed by atoms with E-state index in [2.05, 4.69) is 11.8 Å². The molecule has 0 saturated carbocycles. The number of carbonyl (C=O) groups excluding carboxylic acids is 1. The molecule has 3 rings (SSSR count). The Morgan fingerprint density at radius 2 is 1.83 bits per heavy atom. The summed E-state index contributed by atoms with van der Waals surface area (Å²) in [6, 6.07) is 18.0. The normalized spacial score (nSPS) is 17.5. The second kappa shape index (κ2) is 8.00. The Bertz CT molecular complexity index is 651. The third-order valence-corrected chi connectivity index (χ3v) is 4.71. The van der Waals surface area contributed by atoms with Crippen molar-refractivity contribution >= 4 is 5.91 Å². The second-order valence-electron chi connectivity index (χ2n) is 6.36. The summed E-state index contributed by atoms with van der Waals surface area (Å²) < 4.78 is 5.75. The second-order valence-corrected chi connectivity index (χ2v) is 6.36. The Kier molecular flexibility index (Phi) is 5.52. The maximum absolute atomic E-state index is 12.8. The lowest BCUT2D eigenvalue weighted by molar-refractivity contribution is 0.0608. The number of para-hydroxylation sites is 1. The highest BCUT2D eigenvalue weighted by Gasteiger charge is 2.25. The van der Waals surface area contributed by atoms with Gasteiger partial charge in [-0.1, -0.05) is 37.3 Å². The van der Waals surface area contributed by atoms with Crippen molar-refractivity contribution in [1.82, 2.24) is 4.90 Å². The Morgan fingerprint density at radius 1 is 1.08 bits per heavy atom. The van der Waals surface area contributed by atoms with Gasteiger partial charge in [-0.05, 0) is 55.5 Å². The zero-order valence-electron chi connectivity index (χ0n) is 14.3. The largest absolute Gasteiger partial charge is 0.489 e. The van der Waals surface area contributed by atoms with Crippen LogP contribution in [0.2, 0.25) is 0 Å². The molecule has 24 heavy (non-hydrogen) atoms. The van der Waals surface area contributed by atoms with Crippen molar-refractivity contribution in [3.05, 3.63) is 65.7 Å². The predicted molar refractivity (Wildman–Crippen MR) is 96.2 cm³/mol. The number of piperidine rings is 1. The van der Waals surface area contributed by atoms with Crippen LogP contribution in [0.25, 0.3) is 0 Å². The fourth-order valence-electron chi connectivity index (χ4n) is 3.29. The lowest BCUT2D eigenvalue weighted by atomic mass is 9.98. The Morgan fingerprint density at radius 3 is 2.54 bits per heavy atom. The first kappa shape index (κ1) is 16.6. The van der Waals surface area contributed by atoms with Gasteiger partial charge >= 0.3 is 0 Å². The summed E-state index contributed by atoms with van der Waals surface area (Å²) in [5.74, 6) is 1.02. The van der Waals surface area contributed by atoms with E-state index in [1.165, 1.54) is 6.42 Å². The summed E-state index contributed by atoms with van der Waals surface area (Å²) in [6.07, 6.45) is 4.52. The number of benzene rings is 2. The summed E-state index contributed by atoms with van der Waals surface area (Å²) in [5.41, 5.74) is 1.85. The number of nitrogens with zero attached hydrogens (tertiary/aromatic N) is 1. The molecule has 2 aromatic rings. The smallest absolute Gasteiger partial charge is 0.254 e. The fraction of sp³-hybridized carbons (Fsp3) is 0.381. The number of amides is 1. The molecule has 1 unspecified atom stereocenters. The molecule has 1 amide bonds. The van der Waals surface area contributed by atoms with Crippen LogP contribution in [0.4, 0.5) is 0 Å². The van der Waals surface area contributed by atoms with E-state index in [0.717, 1.165) is 42.7 Å². The first-order chi connectivity index (χ1) is 11.8. The highest BCUT2D eigenvalue weighted by atomic mass is 16.5. The third-order valence-electron chi connectivity index (χ3n) is 4.71. The molecule has 0 aromatic heterocycles. The average molecular weight is 323 g/mol. The number of hydrogen-bond donors (Lipinski definition) is 0. The van der Waals surface area contributed by atoms with Gasteiger partial charge in [-0.15, -0.1) is 0 Å². The van der Waals surface area contributed by atoms with Gasteiger partial charge in [-0.3, -0.25) is 4.79 Å². The van der Waals surface area contributed by atoms with Gasteiger partial charge in [0.25, 0.3) is 5.91 Å². The zero-order valence-corrected chi connectivity index (χ0v) is 14.3. The Balaban J connectivity index is 1.62. The van der Waals surface area contributed by atoms with E-state index in [0.29, 0.717) is 12.6 Å². The van der Waals surface area contributed by atoms with E-state index in [4.69, 9.17) is 4.74 Å². The van der Waals surface area contributed by atoms with E-state index in [-0.39, 0.29) is 5.91 Å². The molecule has 126 valence electrons. The molecule has 0 spiro atoms. The molecule has 0 aliphatic carbocycles. The predicted octanol–water partition coefficient (Wildman–Crippen LogP) is 4.67. The van der Waals surface area contributed by atoms with Crippen molar-refractivity contribution in [3.8, 4) is 5.75 Å². The van der Waals surface area contributed by atoms with Crippen LogP contribution < -0.4 is 4.74 Å². The first-order valence-electron chi connectivity index (χ1n) is 8.85. The van der Waals surface area contributed by atoms with Gasteiger partial charge in [0.2, 0.25) is 0 Å². The number of hydrogen-bond acceptors (Lipinski definition) is 2. The van der Waals surface area contributed by atoms with E-state index in [9.17, 15) is 4.79 Å². The lowest BCUT2D eigenvalue weighted by Crippen LogP contribution is -2.43. The van der Waals surface area contributed by atoms with Crippen molar-refractivity contribution in [2.75, 3.05) is 6.54 Å². The summed E-state index contributed by atoms with van der Waals surface area (Å²) >= 11 is 0. The molecule has 1 aliphatic heterocycles. The number of ether oxygens (including phenoxy) is 1. The Labute approximate surface area is 144 Å². The SMILES string of the molecule is CCC1CCCCN1C(=O)c1ccc(COc2ccccc2)cc1. The minimum absolute atomic E-state index is 0.164. The van der Waals surface area contributed by atoms with Crippen LogP contribution in [0.15, 0.2) is 54.6 Å². The maximum atomic E-state index is 12.8. The highest BCUT2D eigenvalue weighted by molar-refractivity contribution is 5.94. The monoisotopic (exact) mass is 323 g/mol. The van der Waals surface area contributed by atoms with Crippen LogP contribution in [-0.2, 0) is 6.61 Å². The van der Waals surface area contributed by atoms with Crippen LogP contribution in [0.1, 0.15) is 48.5 Å². The minimum atomic E-state index is 0.164. The molecular formula is C21H25NO2. The molecule has 1 saturated heterocycles. The summed E-state index contributed by atoms with van der Waals surface area (Å²) in [6.45, 7) is 3.57. The van der Waals surface area contributed by atoms with Crippen LogP contribution in [0.5, 0.6) is 5.75 Å². The quantitative estimate of drug-likeness (QED) is 0.800. The van der Waals surface area contributed by atoms with Gasteiger partial charge in [0, 0.05) is 18.2 Å². The molecule has 1 aliphatic rings. The summed E-state index contributed by atoms with van der Waals surface area (Å²) in [4.78, 5) is 14.8. The zero-order chi connectivity index (χ0) is 16.8. The van der Waals surface area contributed by atoms with Crippen molar-refractivity contribution in [3.63, 3.8) is 0 Å². The molecule has 2 aromatic carbocycles. The van der Waals surface area contributed by atoms with Gasteiger partial charge < -0.3 is 9.64 Å². The van der Waals surface area contributed by atoms with Gasteiger partial charge in [0.1, 0.15) is 12.4 Å². The average Bonchev–Trinajstić information content (AvgIpc) is 2.67. The molecule has 0 bridgehead atoms. The molecule has 0 N–H and O–H groups in total. The van der Waals surface area contributed by atoms with Gasteiger partial charge in [-0.2, -0.15) is 0 Å². The maximum Gasteiger partial charge on any atom is 0.254 e. The summed E-state index contributed by atoms with van der Waals surface area (Å²) in [5, 5.41) is 0. The van der Waals surface area contributed by atoms with Crippen LogP contribution in [0.3, 0.4) is 0 Å². The van der Waals surface area contributed by atoms with E-state index in [1.54, 1.807) is 0 Å². The van der Waals surface area contributed by atoms with Gasteiger partial charge in [-0.25, -0.2) is 0 Å². The fourth-order valence-corrected chi connectivity index (χ4v) is 3.29. The van der Waals surface area contributed by atoms with Crippen LogP contribution in [0, 0.1) is 0 Å². The van der Waals surface area contributed by atoms with Crippen molar-refractivity contribution in [2.24, 2.45) is 0 Å². The molecular weight excluding hydrogens is 298 g/mol. The van der Waals surface area contributed by atoms with Gasteiger partial charge in [0.15, 0.2) is 0 Å². The minimum Gasteiger partial charge on any atom is -0.489 e. The number of rotatable bonds is 5. The standard InChI is InChI=1S/C21H25NO2/c1-2-19-8-6-7-15-22(19)21(23)18-13-11-17(12-14-18)16-24-20-9-4-3-5-10-20/h3-5,9-14,19H,2,6-8,15-16H2,1H3. The van der Waals surface area contributed by atoms with Crippen molar-refractivity contribution in [2.45, 2.75) is 45.3 Å². The lowest BCUT2D eigenvalue weighted by Gasteiger charge is -2.35. The van der Waals surface area contributed by atoms with Crippen molar-refractivity contribution in [1.29, 1.82) is 0 Å². The Hall–Kier alpha value is -2.29.